The number of hydrogen-bond acceptors (Lipinski definition) is 4. The van der Waals surface area contributed by atoms with Gasteiger partial charge in [-0.1, -0.05) is 11.6 Å². The molecule has 0 bridgehead atoms. The number of benzene rings is 2. The molecule has 0 radical (unpaired) electrons. The molecule has 0 saturated carbocycles. The Kier molecular flexibility index (Phi) is 5.32. The van der Waals surface area contributed by atoms with Crippen molar-refractivity contribution < 1.29 is 19.8 Å². The molecule has 26 heavy (non-hydrogen) atoms. The van der Waals surface area contributed by atoms with Crippen LogP contribution in [0.1, 0.15) is 27.1 Å². The largest absolute Gasteiger partial charge is 0.508 e. The van der Waals surface area contributed by atoms with Crippen molar-refractivity contribution in [2.75, 3.05) is 26.2 Å². The normalized spacial score (nSPS) is 14.8. The van der Waals surface area contributed by atoms with Gasteiger partial charge in [-0.05, 0) is 42.8 Å². The van der Waals surface area contributed by atoms with Crippen LogP contribution in [0.15, 0.2) is 42.5 Å². The molecule has 2 aromatic rings. The van der Waals surface area contributed by atoms with Crippen molar-refractivity contribution in [3.8, 4) is 11.5 Å². The van der Waals surface area contributed by atoms with Crippen LogP contribution < -0.4 is 0 Å². The second kappa shape index (κ2) is 7.66. The maximum Gasteiger partial charge on any atom is 0.254 e. The Morgan fingerprint density at radius 3 is 1.81 bits per heavy atom. The molecule has 7 heteroatoms. The molecular weight excluding hydrogens is 356 g/mol. The van der Waals surface area contributed by atoms with Crippen LogP contribution in [0.5, 0.6) is 11.5 Å². The van der Waals surface area contributed by atoms with E-state index >= 15 is 0 Å². The molecule has 2 aromatic carbocycles. The molecule has 1 aliphatic heterocycles. The lowest BCUT2D eigenvalue weighted by Gasteiger charge is -2.22. The number of phenols is 2. The summed E-state index contributed by atoms with van der Waals surface area (Å²) in [5.41, 5.74) is 0.784. The Balaban J connectivity index is 1.68. The minimum absolute atomic E-state index is 0.0917. The van der Waals surface area contributed by atoms with Crippen LogP contribution >= 0.6 is 11.6 Å². The minimum atomic E-state index is -0.281. The van der Waals surface area contributed by atoms with Gasteiger partial charge in [-0.25, -0.2) is 0 Å². The summed E-state index contributed by atoms with van der Waals surface area (Å²) in [6, 6.07) is 10.6. The summed E-state index contributed by atoms with van der Waals surface area (Å²) in [6.07, 6.45) is 0.649. The van der Waals surface area contributed by atoms with Crippen LogP contribution in [0, 0.1) is 0 Å². The van der Waals surface area contributed by atoms with E-state index in [0.717, 1.165) is 0 Å². The van der Waals surface area contributed by atoms with E-state index in [1.54, 1.807) is 34.1 Å². The minimum Gasteiger partial charge on any atom is -0.508 e. The molecule has 1 aliphatic rings. The molecule has 1 fully saturated rings. The quantitative estimate of drug-likeness (QED) is 0.846. The fourth-order valence-corrected chi connectivity index (χ4v) is 3.13. The summed E-state index contributed by atoms with van der Waals surface area (Å²) < 4.78 is 0. The topological polar surface area (TPSA) is 81.1 Å². The molecule has 2 N–H and O–H groups in total. The number of nitrogens with zero attached hydrogens (tertiary/aromatic N) is 2. The van der Waals surface area contributed by atoms with Crippen LogP contribution in [-0.4, -0.2) is 58.0 Å². The Morgan fingerprint density at radius 1 is 0.769 bits per heavy atom. The van der Waals surface area contributed by atoms with E-state index < -0.39 is 0 Å². The lowest BCUT2D eigenvalue weighted by molar-refractivity contribution is 0.0718. The first-order chi connectivity index (χ1) is 12.4. The maximum absolute atomic E-state index is 12.6. The van der Waals surface area contributed by atoms with E-state index in [-0.39, 0.29) is 28.9 Å². The second-order valence-electron chi connectivity index (χ2n) is 6.18. The molecule has 0 atom stereocenters. The van der Waals surface area contributed by atoms with Crippen LogP contribution in [0.4, 0.5) is 0 Å². The third-order valence-corrected chi connectivity index (χ3v) is 4.56. The Morgan fingerprint density at radius 2 is 1.27 bits per heavy atom. The maximum atomic E-state index is 12.6. The van der Waals surface area contributed by atoms with Crippen molar-refractivity contribution in [2.24, 2.45) is 0 Å². The monoisotopic (exact) mass is 374 g/mol. The van der Waals surface area contributed by atoms with Crippen LogP contribution in [0.2, 0.25) is 5.02 Å². The van der Waals surface area contributed by atoms with E-state index in [1.165, 1.54) is 18.2 Å². The van der Waals surface area contributed by atoms with E-state index in [9.17, 15) is 19.8 Å². The first kappa shape index (κ1) is 18.1. The highest BCUT2D eigenvalue weighted by Gasteiger charge is 2.24. The van der Waals surface area contributed by atoms with E-state index in [0.29, 0.717) is 43.2 Å². The van der Waals surface area contributed by atoms with E-state index in [2.05, 4.69) is 0 Å². The number of aromatic hydroxyl groups is 2. The van der Waals surface area contributed by atoms with E-state index in [4.69, 9.17) is 11.6 Å². The van der Waals surface area contributed by atoms with Gasteiger partial charge in [-0.3, -0.25) is 9.59 Å². The number of halogens is 1. The summed E-state index contributed by atoms with van der Waals surface area (Å²) in [6.45, 7) is 1.85. The molecule has 0 unspecified atom stereocenters. The molecule has 0 aromatic heterocycles. The van der Waals surface area contributed by atoms with Crippen molar-refractivity contribution in [1.82, 2.24) is 9.80 Å². The predicted molar refractivity (Wildman–Crippen MR) is 97.6 cm³/mol. The fraction of sp³-hybridized carbons (Fsp3) is 0.263. The molecule has 3 rings (SSSR count). The SMILES string of the molecule is O=C(c1ccc(Cl)cc1)N1CCCN(C(=O)c2cc(O)cc(O)c2)CC1. The van der Waals surface area contributed by atoms with Crippen molar-refractivity contribution in [3.05, 3.63) is 58.6 Å². The average molecular weight is 375 g/mol. The van der Waals surface area contributed by atoms with Crippen molar-refractivity contribution in [2.45, 2.75) is 6.42 Å². The van der Waals surface area contributed by atoms with Gasteiger partial charge in [0.1, 0.15) is 11.5 Å². The number of phenolic OH excluding ortho intramolecular Hbond substituents is 2. The summed E-state index contributed by atoms with van der Waals surface area (Å²) in [7, 11) is 0. The molecule has 1 heterocycles. The predicted octanol–water partition coefficient (Wildman–Crippen LogP) is 2.74. The first-order valence-corrected chi connectivity index (χ1v) is 8.69. The van der Waals surface area contributed by atoms with Crippen molar-refractivity contribution in [1.29, 1.82) is 0 Å². The second-order valence-corrected chi connectivity index (χ2v) is 6.62. The van der Waals surface area contributed by atoms with Gasteiger partial charge in [0.05, 0.1) is 0 Å². The van der Waals surface area contributed by atoms with Crippen LogP contribution in [0.25, 0.3) is 0 Å². The Bertz CT molecular complexity index is 803. The van der Waals surface area contributed by atoms with Gasteiger partial charge >= 0.3 is 0 Å². The number of hydrogen-bond donors (Lipinski definition) is 2. The lowest BCUT2D eigenvalue weighted by atomic mass is 10.1. The fourth-order valence-electron chi connectivity index (χ4n) is 3.00. The summed E-state index contributed by atoms with van der Waals surface area (Å²) in [5, 5.41) is 19.7. The summed E-state index contributed by atoms with van der Waals surface area (Å²) >= 11 is 5.86. The zero-order valence-corrected chi connectivity index (χ0v) is 14.8. The highest BCUT2D eigenvalue weighted by Crippen LogP contribution is 2.22. The Labute approximate surface area is 156 Å². The molecule has 0 aliphatic carbocycles. The zero-order valence-electron chi connectivity index (χ0n) is 14.1. The third kappa shape index (κ3) is 4.08. The van der Waals surface area contributed by atoms with Gasteiger partial charge in [0.25, 0.3) is 11.8 Å². The summed E-state index contributed by atoms with van der Waals surface area (Å²) in [5.74, 6) is -0.701. The molecule has 1 saturated heterocycles. The van der Waals surface area contributed by atoms with Crippen molar-refractivity contribution >= 4 is 23.4 Å². The van der Waals surface area contributed by atoms with E-state index in [1.807, 2.05) is 0 Å². The molecule has 0 spiro atoms. The van der Waals surface area contributed by atoms with Crippen LogP contribution in [-0.2, 0) is 0 Å². The Hall–Kier alpha value is -2.73. The molecule has 136 valence electrons. The first-order valence-electron chi connectivity index (χ1n) is 8.31. The highest BCUT2D eigenvalue weighted by atomic mass is 35.5. The van der Waals surface area contributed by atoms with Crippen molar-refractivity contribution in [3.63, 3.8) is 0 Å². The van der Waals surface area contributed by atoms with Crippen LogP contribution in [0.3, 0.4) is 0 Å². The summed E-state index contributed by atoms with van der Waals surface area (Å²) in [4.78, 5) is 28.6. The van der Waals surface area contributed by atoms with Gasteiger partial charge in [-0.2, -0.15) is 0 Å². The smallest absolute Gasteiger partial charge is 0.254 e. The lowest BCUT2D eigenvalue weighted by Crippen LogP contribution is -2.37. The molecule has 6 nitrogen and oxygen atoms in total. The average Bonchev–Trinajstić information content (AvgIpc) is 2.86. The number of carbonyl (C=O) groups is 2. The number of amides is 2. The molecule has 2 amide bonds. The van der Waals surface area contributed by atoms with Gasteiger partial charge < -0.3 is 20.0 Å². The zero-order chi connectivity index (χ0) is 18.7. The standard InChI is InChI=1S/C19H19ClN2O4/c20-15-4-2-13(3-5-15)18(25)21-6-1-7-22(9-8-21)19(26)14-10-16(23)12-17(24)11-14/h2-5,10-12,23-24H,1,6-9H2. The highest BCUT2D eigenvalue weighted by molar-refractivity contribution is 6.30. The number of rotatable bonds is 2. The van der Waals surface area contributed by atoms with Gasteiger partial charge in [-0.15, -0.1) is 0 Å². The molecular formula is C19H19ClN2O4. The van der Waals surface area contributed by atoms with Gasteiger partial charge in [0.15, 0.2) is 0 Å². The number of carbonyl (C=O) groups excluding carboxylic acids is 2. The third-order valence-electron chi connectivity index (χ3n) is 4.31. The van der Waals surface area contributed by atoms with Gasteiger partial charge in [0.2, 0.25) is 0 Å². The van der Waals surface area contributed by atoms with Gasteiger partial charge in [0, 0.05) is 48.4 Å².